The van der Waals surface area contributed by atoms with E-state index in [0.717, 1.165) is 19.3 Å². The molecule has 0 heterocycles. The van der Waals surface area contributed by atoms with Crippen molar-refractivity contribution >= 4 is 18.3 Å². The molecule has 1 saturated carbocycles. The molecule has 0 spiro atoms. The molecular formula is C12H14ClF3N2O. The molecule has 7 heteroatoms. The van der Waals surface area contributed by atoms with Gasteiger partial charge in [-0.15, -0.1) is 12.4 Å². The van der Waals surface area contributed by atoms with Gasteiger partial charge >= 0.3 is 0 Å². The molecule has 1 aliphatic rings. The Morgan fingerprint density at radius 3 is 2.21 bits per heavy atom. The molecule has 0 bridgehead atoms. The van der Waals surface area contributed by atoms with E-state index in [0.29, 0.717) is 12.1 Å². The molecule has 106 valence electrons. The van der Waals surface area contributed by atoms with Crippen molar-refractivity contribution < 1.29 is 18.0 Å². The zero-order chi connectivity index (χ0) is 13.3. The van der Waals surface area contributed by atoms with Crippen LogP contribution in [-0.2, 0) is 0 Å². The molecule has 0 aliphatic heterocycles. The summed E-state index contributed by atoms with van der Waals surface area (Å²) in [5.74, 6) is -4.41. The highest BCUT2D eigenvalue weighted by atomic mass is 35.5. The minimum atomic E-state index is -1.22. The fourth-order valence-electron chi connectivity index (χ4n) is 1.91. The Morgan fingerprint density at radius 1 is 1.26 bits per heavy atom. The molecule has 0 aromatic heterocycles. The molecular weight excluding hydrogens is 281 g/mol. The molecule has 1 amide bonds. The van der Waals surface area contributed by atoms with Gasteiger partial charge in [-0.25, -0.2) is 13.2 Å². The van der Waals surface area contributed by atoms with Crippen molar-refractivity contribution in [2.75, 3.05) is 6.54 Å². The zero-order valence-corrected chi connectivity index (χ0v) is 10.8. The van der Waals surface area contributed by atoms with Gasteiger partial charge in [0.05, 0.1) is 0 Å². The van der Waals surface area contributed by atoms with Gasteiger partial charge in [-0.1, -0.05) is 0 Å². The van der Waals surface area contributed by atoms with Gasteiger partial charge in [-0.3, -0.25) is 4.79 Å². The largest absolute Gasteiger partial charge is 0.350 e. The zero-order valence-electron chi connectivity index (χ0n) is 10.0. The fraction of sp³-hybridized carbons (Fsp3) is 0.417. The van der Waals surface area contributed by atoms with Gasteiger partial charge in [0.1, 0.15) is 23.0 Å². The maximum atomic E-state index is 13.3. The fourth-order valence-corrected chi connectivity index (χ4v) is 1.91. The Bertz CT molecular complexity index is 469. The number of carbonyl (C=O) groups is 1. The monoisotopic (exact) mass is 294 g/mol. The number of hydrogen-bond acceptors (Lipinski definition) is 2. The highest BCUT2D eigenvalue weighted by molar-refractivity contribution is 5.94. The summed E-state index contributed by atoms with van der Waals surface area (Å²) in [6.45, 7) is 0.155. The van der Waals surface area contributed by atoms with Crippen molar-refractivity contribution in [3.63, 3.8) is 0 Å². The van der Waals surface area contributed by atoms with Crippen LogP contribution in [0.5, 0.6) is 0 Å². The molecule has 0 saturated heterocycles. The summed E-state index contributed by atoms with van der Waals surface area (Å²) < 4.78 is 39.3. The van der Waals surface area contributed by atoms with Gasteiger partial charge in [-0.05, 0) is 19.3 Å². The average molecular weight is 295 g/mol. The van der Waals surface area contributed by atoms with E-state index in [9.17, 15) is 18.0 Å². The normalized spacial score (nSPS) is 16.2. The summed E-state index contributed by atoms with van der Waals surface area (Å²) in [7, 11) is 0. The first-order valence-electron chi connectivity index (χ1n) is 5.63. The first-order valence-corrected chi connectivity index (χ1v) is 5.63. The first kappa shape index (κ1) is 15.8. The van der Waals surface area contributed by atoms with Gasteiger partial charge in [-0.2, -0.15) is 0 Å². The smallest absolute Gasteiger partial charge is 0.257 e. The molecule has 0 unspecified atom stereocenters. The summed E-state index contributed by atoms with van der Waals surface area (Å²) in [6.07, 6.45) is 2.51. The van der Waals surface area contributed by atoms with Gasteiger partial charge in [0.25, 0.3) is 5.91 Å². The van der Waals surface area contributed by atoms with Crippen molar-refractivity contribution in [2.24, 2.45) is 5.73 Å². The quantitative estimate of drug-likeness (QED) is 0.897. The van der Waals surface area contributed by atoms with Crippen LogP contribution in [0.1, 0.15) is 29.6 Å². The number of benzene rings is 1. The van der Waals surface area contributed by atoms with Crippen LogP contribution in [0.2, 0.25) is 0 Å². The van der Waals surface area contributed by atoms with E-state index < -0.39 is 34.5 Å². The van der Waals surface area contributed by atoms with Crippen LogP contribution in [0.15, 0.2) is 12.1 Å². The molecule has 0 atom stereocenters. The third-order valence-corrected chi connectivity index (χ3v) is 3.18. The van der Waals surface area contributed by atoms with Crippen LogP contribution in [0, 0.1) is 17.5 Å². The van der Waals surface area contributed by atoms with Crippen LogP contribution in [0.4, 0.5) is 13.2 Å². The molecule has 19 heavy (non-hydrogen) atoms. The van der Waals surface area contributed by atoms with E-state index in [1.807, 2.05) is 0 Å². The maximum absolute atomic E-state index is 13.3. The summed E-state index contributed by atoms with van der Waals surface area (Å²) in [5, 5.41) is 2.38. The molecule has 1 fully saturated rings. The number of carbonyl (C=O) groups excluding carboxylic acids is 1. The lowest BCUT2D eigenvalue weighted by Crippen LogP contribution is -2.55. The lowest BCUT2D eigenvalue weighted by atomic mass is 9.78. The second-order valence-corrected chi connectivity index (χ2v) is 4.64. The summed E-state index contributed by atoms with van der Waals surface area (Å²) in [6, 6.07) is 0.944. The second kappa shape index (κ2) is 5.79. The van der Waals surface area contributed by atoms with Crippen LogP contribution >= 0.6 is 12.4 Å². The lowest BCUT2D eigenvalue weighted by Gasteiger charge is -2.38. The predicted molar refractivity (Wildman–Crippen MR) is 66.7 cm³/mol. The molecule has 2 rings (SSSR count). The summed E-state index contributed by atoms with van der Waals surface area (Å²) in [5.41, 5.74) is 4.61. The Kier molecular flexibility index (Phi) is 4.81. The molecule has 1 aromatic rings. The first-order chi connectivity index (χ1) is 8.41. The van der Waals surface area contributed by atoms with Crippen molar-refractivity contribution in [1.82, 2.24) is 5.32 Å². The molecule has 1 aromatic carbocycles. The van der Waals surface area contributed by atoms with Crippen molar-refractivity contribution in [2.45, 2.75) is 24.8 Å². The molecule has 0 radical (unpaired) electrons. The highest BCUT2D eigenvalue weighted by Gasteiger charge is 2.33. The number of halogens is 4. The number of nitrogens with two attached hydrogens (primary N) is 1. The van der Waals surface area contributed by atoms with Gasteiger partial charge in [0.2, 0.25) is 0 Å². The number of amides is 1. The van der Waals surface area contributed by atoms with E-state index in [4.69, 9.17) is 5.73 Å². The van der Waals surface area contributed by atoms with E-state index in [-0.39, 0.29) is 19.0 Å². The molecule has 3 N–H and O–H groups in total. The van der Waals surface area contributed by atoms with E-state index >= 15 is 0 Å². The predicted octanol–water partition coefficient (Wildman–Crippen LogP) is 2.14. The van der Waals surface area contributed by atoms with Gasteiger partial charge in [0.15, 0.2) is 0 Å². The third-order valence-electron chi connectivity index (χ3n) is 3.18. The summed E-state index contributed by atoms with van der Waals surface area (Å²) in [4.78, 5) is 11.6. The van der Waals surface area contributed by atoms with E-state index in [1.54, 1.807) is 0 Å². The van der Waals surface area contributed by atoms with Crippen LogP contribution in [0.25, 0.3) is 0 Å². The SMILES string of the molecule is Cl.NC1(CNC(=O)c2c(F)cc(F)cc2F)CCC1. The van der Waals surface area contributed by atoms with Crippen molar-refractivity contribution in [3.8, 4) is 0 Å². The van der Waals surface area contributed by atoms with Crippen molar-refractivity contribution in [3.05, 3.63) is 35.1 Å². The second-order valence-electron chi connectivity index (χ2n) is 4.64. The highest BCUT2D eigenvalue weighted by Crippen LogP contribution is 2.28. The molecule has 3 nitrogen and oxygen atoms in total. The van der Waals surface area contributed by atoms with Gasteiger partial charge in [0, 0.05) is 24.2 Å². The van der Waals surface area contributed by atoms with Gasteiger partial charge < -0.3 is 11.1 Å². The topological polar surface area (TPSA) is 55.1 Å². The minimum absolute atomic E-state index is 0. The number of hydrogen-bond donors (Lipinski definition) is 2. The van der Waals surface area contributed by atoms with Crippen molar-refractivity contribution in [1.29, 1.82) is 0 Å². The Morgan fingerprint density at radius 2 is 1.79 bits per heavy atom. The number of rotatable bonds is 3. The third kappa shape index (κ3) is 3.39. The standard InChI is InChI=1S/C12H13F3N2O.ClH/c13-7-4-8(14)10(9(15)5-7)11(18)17-6-12(16)2-1-3-12;/h4-5H,1-3,6,16H2,(H,17,18);1H. The van der Waals surface area contributed by atoms with E-state index in [1.165, 1.54) is 0 Å². The molecule has 1 aliphatic carbocycles. The van der Waals surface area contributed by atoms with Crippen LogP contribution in [0.3, 0.4) is 0 Å². The van der Waals surface area contributed by atoms with Crippen LogP contribution < -0.4 is 11.1 Å². The Balaban J connectivity index is 0.00000180. The van der Waals surface area contributed by atoms with Crippen LogP contribution in [-0.4, -0.2) is 18.0 Å². The number of nitrogens with one attached hydrogen (secondary N) is 1. The average Bonchev–Trinajstić information content (AvgIpc) is 2.22. The summed E-state index contributed by atoms with van der Waals surface area (Å²) >= 11 is 0. The Hall–Kier alpha value is -1.27. The lowest BCUT2D eigenvalue weighted by molar-refractivity contribution is 0.0921. The minimum Gasteiger partial charge on any atom is -0.350 e. The van der Waals surface area contributed by atoms with E-state index in [2.05, 4.69) is 5.32 Å². The Labute approximate surface area is 114 Å². The maximum Gasteiger partial charge on any atom is 0.257 e.